The van der Waals surface area contributed by atoms with Gasteiger partial charge in [0.15, 0.2) is 0 Å². The van der Waals surface area contributed by atoms with Crippen molar-refractivity contribution in [2.45, 2.75) is 45.3 Å². The van der Waals surface area contributed by atoms with Gasteiger partial charge in [0.05, 0.1) is 18.6 Å². The van der Waals surface area contributed by atoms with E-state index < -0.39 is 0 Å². The molecule has 0 N–H and O–H groups in total. The summed E-state index contributed by atoms with van der Waals surface area (Å²) in [4.78, 5) is 21.5. The van der Waals surface area contributed by atoms with E-state index in [1.807, 2.05) is 30.2 Å². The monoisotopic (exact) mass is 327 g/mol. The average molecular weight is 327 g/mol. The number of likely N-dealkylation sites (tertiary alicyclic amines) is 1. The number of hydrogen-bond acceptors (Lipinski definition) is 4. The summed E-state index contributed by atoms with van der Waals surface area (Å²) in [5.41, 5.74) is 2.20. The Kier molecular flexibility index (Phi) is 5.64. The topological polar surface area (TPSA) is 49.6 Å². The van der Waals surface area contributed by atoms with E-state index in [0.717, 1.165) is 43.5 Å². The van der Waals surface area contributed by atoms with Gasteiger partial charge in [-0.15, -0.1) is 0 Å². The average Bonchev–Trinajstić information content (AvgIpc) is 3.14. The van der Waals surface area contributed by atoms with Gasteiger partial charge in [-0.1, -0.05) is 12.5 Å². The molecule has 0 saturated carbocycles. The summed E-state index contributed by atoms with van der Waals surface area (Å²) in [6.07, 6.45) is 10.2. The van der Waals surface area contributed by atoms with Gasteiger partial charge in [-0.3, -0.25) is 14.7 Å². The first-order valence-corrected chi connectivity index (χ1v) is 8.70. The highest BCUT2D eigenvalue weighted by Gasteiger charge is 2.31. The molecule has 1 atom stereocenters. The van der Waals surface area contributed by atoms with Crippen LogP contribution in [-0.2, 0) is 17.9 Å². The fourth-order valence-corrected chi connectivity index (χ4v) is 3.35. The van der Waals surface area contributed by atoms with Crippen LogP contribution in [0.2, 0.25) is 0 Å². The number of likely N-dealkylation sites (N-methyl/N-ethyl adjacent to an activating group) is 1. The van der Waals surface area contributed by atoms with Gasteiger partial charge in [-0.05, 0) is 44.0 Å². The van der Waals surface area contributed by atoms with E-state index in [4.69, 9.17) is 4.42 Å². The minimum atomic E-state index is -0.0363. The first kappa shape index (κ1) is 16.7. The van der Waals surface area contributed by atoms with Crippen molar-refractivity contribution >= 4 is 5.91 Å². The molecule has 5 heteroatoms. The molecule has 3 heterocycles. The SMILES string of the molecule is CCN(Cc1ccoc1)C(=O)C1CCCCN1Cc1cccnc1. The Morgan fingerprint density at radius 3 is 3.00 bits per heavy atom. The lowest BCUT2D eigenvalue weighted by molar-refractivity contribution is -0.139. The van der Waals surface area contributed by atoms with E-state index in [0.29, 0.717) is 13.1 Å². The summed E-state index contributed by atoms with van der Waals surface area (Å²) < 4.78 is 5.13. The van der Waals surface area contributed by atoms with Gasteiger partial charge in [0.2, 0.25) is 5.91 Å². The van der Waals surface area contributed by atoms with E-state index in [-0.39, 0.29) is 11.9 Å². The number of nitrogens with zero attached hydrogens (tertiary/aromatic N) is 3. The van der Waals surface area contributed by atoms with E-state index in [1.165, 1.54) is 0 Å². The van der Waals surface area contributed by atoms with Gasteiger partial charge < -0.3 is 9.32 Å². The lowest BCUT2D eigenvalue weighted by Gasteiger charge is -2.37. The van der Waals surface area contributed by atoms with Crippen molar-refractivity contribution in [3.63, 3.8) is 0 Å². The highest BCUT2D eigenvalue weighted by atomic mass is 16.3. The highest BCUT2D eigenvalue weighted by molar-refractivity contribution is 5.82. The molecule has 24 heavy (non-hydrogen) atoms. The molecule has 2 aromatic rings. The number of furan rings is 1. The number of rotatable bonds is 6. The van der Waals surface area contributed by atoms with E-state index >= 15 is 0 Å². The van der Waals surface area contributed by atoms with E-state index in [1.54, 1.807) is 18.7 Å². The molecule has 3 rings (SSSR count). The van der Waals surface area contributed by atoms with Gasteiger partial charge in [0.1, 0.15) is 0 Å². The van der Waals surface area contributed by atoms with Gasteiger partial charge in [0.25, 0.3) is 0 Å². The summed E-state index contributed by atoms with van der Waals surface area (Å²) >= 11 is 0. The lowest BCUT2D eigenvalue weighted by Crippen LogP contribution is -2.50. The fourth-order valence-electron chi connectivity index (χ4n) is 3.35. The van der Waals surface area contributed by atoms with E-state index in [9.17, 15) is 4.79 Å². The number of aromatic nitrogens is 1. The molecule has 0 spiro atoms. The maximum Gasteiger partial charge on any atom is 0.240 e. The third kappa shape index (κ3) is 4.03. The van der Waals surface area contributed by atoms with Crippen molar-refractivity contribution in [1.82, 2.24) is 14.8 Å². The summed E-state index contributed by atoms with van der Waals surface area (Å²) in [5, 5.41) is 0. The molecule has 0 radical (unpaired) electrons. The quantitative estimate of drug-likeness (QED) is 0.818. The highest BCUT2D eigenvalue weighted by Crippen LogP contribution is 2.22. The smallest absolute Gasteiger partial charge is 0.240 e. The number of pyridine rings is 1. The Hall–Kier alpha value is -2.14. The van der Waals surface area contributed by atoms with Crippen LogP contribution in [0.25, 0.3) is 0 Å². The molecule has 0 aliphatic carbocycles. The Bertz CT molecular complexity index is 627. The summed E-state index contributed by atoms with van der Waals surface area (Å²) in [7, 11) is 0. The number of amides is 1. The molecular formula is C19H25N3O2. The second-order valence-corrected chi connectivity index (χ2v) is 6.33. The zero-order valence-corrected chi connectivity index (χ0v) is 14.2. The Balaban J connectivity index is 1.70. The van der Waals surface area contributed by atoms with Crippen LogP contribution in [-0.4, -0.2) is 39.8 Å². The molecule has 5 nitrogen and oxygen atoms in total. The van der Waals surface area contributed by atoms with Crippen LogP contribution in [0.4, 0.5) is 0 Å². The van der Waals surface area contributed by atoms with Crippen LogP contribution in [0, 0.1) is 0 Å². The first-order chi connectivity index (χ1) is 11.8. The van der Waals surface area contributed by atoms with Crippen LogP contribution < -0.4 is 0 Å². The molecule has 1 aliphatic heterocycles. The number of carbonyl (C=O) groups excluding carboxylic acids is 1. The van der Waals surface area contributed by atoms with Gasteiger partial charge in [-0.25, -0.2) is 0 Å². The standard InChI is InChI=1S/C19H25N3O2/c1-2-21(14-17-8-11-24-15-17)19(23)18-7-3-4-10-22(18)13-16-6-5-9-20-12-16/h5-6,8-9,11-12,15,18H,2-4,7,10,13-14H2,1H3. The molecule has 1 fully saturated rings. The normalized spacial score (nSPS) is 18.5. The lowest BCUT2D eigenvalue weighted by atomic mass is 10.00. The molecule has 2 aromatic heterocycles. The summed E-state index contributed by atoms with van der Waals surface area (Å²) in [5.74, 6) is 0.224. The van der Waals surface area contributed by atoms with Gasteiger partial charge in [-0.2, -0.15) is 0 Å². The summed E-state index contributed by atoms with van der Waals surface area (Å²) in [6.45, 7) is 5.11. The molecule has 128 valence electrons. The van der Waals surface area contributed by atoms with Crippen LogP contribution in [0.15, 0.2) is 47.5 Å². The van der Waals surface area contributed by atoms with Crippen molar-refractivity contribution in [1.29, 1.82) is 0 Å². The van der Waals surface area contributed by atoms with Crippen LogP contribution in [0.3, 0.4) is 0 Å². The minimum Gasteiger partial charge on any atom is -0.472 e. The molecule has 1 saturated heterocycles. The second-order valence-electron chi connectivity index (χ2n) is 6.33. The number of carbonyl (C=O) groups is 1. The van der Waals surface area contributed by atoms with Crippen molar-refractivity contribution in [2.24, 2.45) is 0 Å². The number of piperidine rings is 1. The van der Waals surface area contributed by atoms with Crippen LogP contribution >= 0.6 is 0 Å². The second kappa shape index (κ2) is 8.11. The third-order valence-corrected chi connectivity index (χ3v) is 4.65. The maximum atomic E-state index is 13.1. The predicted octanol–water partition coefficient (Wildman–Crippen LogP) is 3.08. The Labute approximate surface area is 143 Å². The van der Waals surface area contributed by atoms with Crippen LogP contribution in [0.1, 0.15) is 37.3 Å². The van der Waals surface area contributed by atoms with Crippen molar-refractivity contribution in [3.8, 4) is 0 Å². The first-order valence-electron chi connectivity index (χ1n) is 8.70. The van der Waals surface area contributed by atoms with Gasteiger partial charge in [0, 0.05) is 37.6 Å². The minimum absolute atomic E-state index is 0.0363. The van der Waals surface area contributed by atoms with Gasteiger partial charge >= 0.3 is 0 Å². The number of hydrogen-bond donors (Lipinski definition) is 0. The predicted molar refractivity (Wildman–Crippen MR) is 92.1 cm³/mol. The van der Waals surface area contributed by atoms with Crippen molar-refractivity contribution in [2.75, 3.05) is 13.1 Å². The largest absolute Gasteiger partial charge is 0.472 e. The zero-order chi connectivity index (χ0) is 16.8. The third-order valence-electron chi connectivity index (χ3n) is 4.65. The molecular weight excluding hydrogens is 302 g/mol. The summed E-state index contributed by atoms with van der Waals surface area (Å²) in [6, 6.07) is 5.91. The molecule has 1 unspecified atom stereocenters. The molecule has 0 bridgehead atoms. The Morgan fingerprint density at radius 2 is 2.29 bits per heavy atom. The molecule has 1 amide bonds. The molecule has 1 aliphatic rings. The fraction of sp³-hybridized carbons (Fsp3) is 0.474. The maximum absolute atomic E-state index is 13.1. The van der Waals surface area contributed by atoms with E-state index in [2.05, 4.69) is 16.0 Å². The van der Waals surface area contributed by atoms with Crippen molar-refractivity contribution < 1.29 is 9.21 Å². The molecule has 0 aromatic carbocycles. The van der Waals surface area contributed by atoms with Crippen LogP contribution in [0.5, 0.6) is 0 Å². The van der Waals surface area contributed by atoms with Crippen molar-refractivity contribution in [3.05, 3.63) is 54.2 Å². The zero-order valence-electron chi connectivity index (χ0n) is 14.2. The Morgan fingerprint density at radius 1 is 1.38 bits per heavy atom.